The molecule has 1 aromatic carbocycles. The van der Waals surface area contributed by atoms with Crippen LogP contribution in [0.1, 0.15) is 34.1 Å². The molecule has 0 aliphatic carbocycles. The molecular weight excluding hydrogens is 314 g/mol. The van der Waals surface area contributed by atoms with Crippen molar-refractivity contribution < 1.29 is 0 Å². The minimum absolute atomic E-state index is 0.459. The summed E-state index contributed by atoms with van der Waals surface area (Å²) < 4.78 is 3.94. The summed E-state index contributed by atoms with van der Waals surface area (Å²) in [6.07, 6.45) is 1.34. The fourth-order valence-corrected chi connectivity index (χ4v) is 10.1. The minimum atomic E-state index is 0.459. The van der Waals surface area contributed by atoms with Crippen molar-refractivity contribution in [1.29, 1.82) is 0 Å². The molecule has 2 rings (SSSR count). The second-order valence-corrected chi connectivity index (χ2v) is 11.9. The first-order chi connectivity index (χ1) is 6.98. The average Bonchev–Trinajstić information content (AvgIpc) is 2.56. The number of rotatable bonds is 1. The maximum absolute atomic E-state index is 2.42. The molecule has 1 aromatic rings. The molecule has 0 bridgehead atoms. The Balaban J connectivity index is 2.38. The molecule has 1 aliphatic rings. The summed E-state index contributed by atoms with van der Waals surface area (Å²) in [6, 6.07) is 9.09. The van der Waals surface area contributed by atoms with E-state index in [0.717, 1.165) is 0 Å². The van der Waals surface area contributed by atoms with Crippen LogP contribution in [0.2, 0.25) is 3.21 Å². The van der Waals surface area contributed by atoms with E-state index in [9.17, 15) is 0 Å². The SMILES string of the molecule is CCC1(C(C)(C)C)[Se]c2ccccc2[Se]1. The number of fused-ring (bicyclic) bond motifs is 1. The molecule has 1 heterocycles. The first-order valence-corrected chi connectivity index (χ1v) is 8.88. The van der Waals surface area contributed by atoms with Gasteiger partial charge in [0.25, 0.3) is 0 Å². The maximum atomic E-state index is 2.42. The van der Waals surface area contributed by atoms with E-state index in [1.807, 2.05) is 0 Å². The summed E-state index contributed by atoms with van der Waals surface area (Å²) in [5, 5.41) is 0. The Hall–Kier alpha value is 0.259. The fraction of sp³-hybridized carbons (Fsp3) is 0.538. The van der Waals surface area contributed by atoms with E-state index in [4.69, 9.17) is 0 Å². The Labute approximate surface area is 106 Å². The van der Waals surface area contributed by atoms with Crippen molar-refractivity contribution in [3.05, 3.63) is 24.3 Å². The second kappa shape index (κ2) is 3.93. The van der Waals surface area contributed by atoms with E-state index in [2.05, 4.69) is 52.0 Å². The van der Waals surface area contributed by atoms with Gasteiger partial charge in [0.2, 0.25) is 0 Å². The first-order valence-electron chi connectivity index (χ1n) is 5.45. The molecule has 2 heteroatoms. The van der Waals surface area contributed by atoms with Crippen LogP contribution in [0.25, 0.3) is 0 Å². The van der Waals surface area contributed by atoms with E-state index in [1.165, 1.54) is 6.42 Å². The van der Waals surface area contributed by atoms with Crippen LogP contribution in [0.3, 0.4) is 0 Å². The van der Waals surface area contributed by atoms with Crippen molar-refractivity contribution in [3.63, 3.8) is 0 Å². The van der Waals surface area contributed by atoms with Gasteiger partial charge in [-0.3, -0.25) is 0 Å². The van der Waals surface area contributed by atoms with Crippen LogP contribution in [0.5, 0.6) is 0 Å². The molecule has 0 unspecified atom stereocenters. The van der Waals surface area contributed by atoms with Gasteiger partial charge >= 0.3 is 106 Å². The summed E-state index contributed by atoms with van der Waals surface area (Å²) in [5.41, 5.74) is 0.459. The summed E-state index contributed by atoms with van der Waals surface area (Å²) in [5.74, 6) is 0. The summed E-state index contributed by atoms with van der Waals surface area (Å²) in [4.78, 5) is 0. The standard InChI is InChI=1S/C13H18Se2/c1-5-13(12(2,3)4)14-10-8-6-7-9-11(10)15-13/h6-9H,5H2,1-4H3. The molecule has 0 radical (unpaired) electrons. The number of hydrogen-bond donors (Lipinski definition) is 0. The van der Waals surface area contributed by atoms with Gasteiger partial charge in [-0.2, -0.15) is 0 Å². The quantitative estimate of drug-likeness (QED) is 0.690. The molecule has 0 saturated heterocycles. The third-order valence-corrected chi connectivity index (χ3v) is 13.1. The Bertz CT molecular complexity index is 338. The van der Waals surface area contributed by atoms with Crippen LogP contribution in [0.15, 0.2) is 24.3 Å². The van der Waals surface area contributed by atoms with Gasteiger partial charge in [0.1, 0.15) is 0 Å². The van der Waals surface area contributed by atoms with Crippen molar-refractivity contribution in [2.45, 2.75) is 37.3 Å². The van der Waals surface area contributed by atoms with Crippen molar-refractivity contribution in [3.8, 4) is 0 Å². The molecule has 0 amide bonds. The van der Waals surface area contributed by atoms with Gasteiger partial charge in [0, 0.05) is 0 Å². The van der Waals surface area contributed by atoms with E-state index < -0.39 is 0 Å². The van der Waals surface area contributed by atoms with Crippen molar-refractivity contribution >= 4 is 38.8 Å². The van der Waals surface area contributed by atoms with Crippen LogP contribution in [0, 0.1) is 5.41 Å². The summed E-state index contributed by atoms with van der Waals surface area (Å²) in [7, 11) is 0. The monoisotopic (exact) mass is 334 g/mol. The number of benzene rings is 1. The normalized spacial score (nSPS) is 18.9. The third-order valence-electron chi connectivity index (χ3n) is 3.01. The zero-order valence-electron chi connectivity index (χ0n) is 9.83. The van der Waals surface area contributed by atoms with Crippen molar-refractivity contribution in [2.75, 3.05) is 0 Å². The van der Waals surface area contributed by atoms with Gasteiger partial charge in [-0.25, -0.2) is 0 Å². The zero-order chi connectivity index (χ0) is 11.1. The predicted octanol–water partition coefficient (Wildman–Crippen LogP) is 1.93. The second-order valence-electron chi connectivity index (χ2n) is 5.01. The van der Waals surface area contributed by atoms with Gasteiger partial charge in [-0.05, 0) is 0 Å². The van der Waals surface area contributed by atoms with Crippen LogP contribution >= 0.6 is 0 Å². The average molecular weight is 332 g/mol. The van der Waals surface area contributed by atoms with Gasteiger partial charge in [0.05, 0.1) is 0 Å². The van der Waals surface area contributed by atoms with Gasteiger partial charge < -0.3 is 0 Å². The van der Waals surface area contributed by atoms with E-state index in [1.54, 1.807) is 8.92 Å². The molecule has 0 fully saturated rings. The van der Waals surface area contributed by atoms with Crippen LogP contribution in [0.4, 0.5) is 0 Å². The van der Waals surface area contributed by atoms with E-state index in [-0.39, 0.29) is 0 Å². The molecule has 1 aliphatic heterocycles. The van der Waals surface area contributed by atoms with Gasteiger partial charge in [0.15, 0.2) is 0 Å². The molecular formula is C13H18Se2. The third kappa shape index (κ3) is 1.94. The van der Waals surface area contributed by atoms with Crippen LogP contribution in [-0.2, 0) is 0 Å². The molecule has 0 spiro atoms. The Morgan fingerprint density at radius 3 is 1.87 bits per heavy atom. The topological polar surface area (TPSA) is 0 Å². The molecule has 0 atom stereocenters. The summed E-state index contributed by atoms with van der Waals surface area (Å²) in [6.45, 7) is 9.64. The van der Waals surface area contributed by atoms with E-state index >= 15 is 0 Å². The van der Waals surface area contributed by atoms with E-state index in [0.29, 0.717) is 38.5 Å². The molecule has 15 heavy (non-hydrogen) atoms. The summed E-state index contributed by atoms with van der Waals surface area (Å²) >= 11 is 1.35. The predicted molar refractivity (Wildman–Crippen MR) is 69.7 cm³/mol. The Kier molecular flexibility index (Phi) is 3.07. The van der Waals surface area contributed by atoms with Crippen LogP contribution < -0.4 is 8.92 Å². The van der Waals surface area contributed by atoms with Gasteiger partial charge in [-0.1, -0.05) is 0 Å². The van der Waals surface area contributed by atoms with Crippen molar-refractivity contribution in [1.82, 2.24) is 0 Å². The molecule has 82 valence electrons. The van der Waals surface area contributed by atoms with Gasteiger partial charge in [-0.15, -0.1) is 0 Å². The Morgan fingerprint density at radius 2 is 1.53 bits per heavy atom. The Morgan fingerprint density at radius 1 is 1.07 bits per heavy atom. The number of hydrogen-bond acceptors (Lipinski definition) is 0. The fourth-order valence-electron chi connectivity index (χ4n) is 1.98. The van der Waals surface area contributed by atoms with Crippen LogP contribution in [-0.4, -0.2) is 29.9 Å². The molecule has 0 N–H and O–H groups in total. The zero-order valence-corrected chi connectivity index (χ0v) is 13.3. The van der Waals surface area contributed by atoms with Crippen molar-refractivity contribution in [2.24, 2.45) is 5.41 Å². The molecule has 0 saturated carbocycles. The first kappa shape index (κ1) is 11.7. The molecule has 0 aromatic heterocycles. The molecule has 0 nitrogen and oxygen atoms in total.